The first-order chi connectivity index (χ1) is 11.6. The molecule has 3 aromatic heterocycles. The van der Waals surface area contributed by atoms with E-state index in [4.69, 9.17) is 0 Å². The molecule has 1 fully saturated rings. The largest absolute Gasteiger partial charge is 0.393 e. The highest BCUT2D eigenvalue weighted by molar-refractivity contribution is 7.10. The maximum atomic E-state index is 12.7. The van der Waals surface area contributed by atoms with Crippen LogP contribution in [0, 0.1) is 12.8 Å². The number of hydrogen-bond acceptors (Lipinski definition) is 4. The minimum absolute atomic E-state index is 0.0406. The van der Waals surface area contributed by atoms with Crippen LogP contribution in [0.1, 0.15) is 39.8 Å². The highest BCUT2D eigenvalue weighted by Gasteiger charge is 2.36. The second-order valence-electron chi connectivity index (χ2n) is 6.42. The maximum absolute atomic E-state index is 12.7. The molecule has 1 amide bonds. The summed E-state index contributed by atoms with van der Waals surface area (Å²) in [6, 6.07) is 7.66. The van der Waals surface area contributed by atoms with Crippen LogP contribution in [-0.4, -0.2) is 26.5 Å². The van der Waals surface area contributed by atoms with Gasteiger partial charge >= 0.3 is 0 Å². The van der Waals surface area contributed by atoms with Crippen LogP contribution >= 0.6 is 11.3 Å². The Morgan fingerprint density at radius 2 is 2.21 bits per heavy atom. The van der Waals surface area contributed by atoms with Crippen LogP contribution in [0.5, 0.6) is 0 Å². The molecule has 0 radical (unpaired) electrons. The summed E-state index contributed by atoms with van der Waals surface area (Å²) >= 11 is 1.64. The van der Waals surface area contributed by atoms with E-state index in [0.29, 0.717) is 11.5 Å². The number of nitrogens with zero attached hydrogens (tertiary/aromatic N) is 2. The summed E-state index contributed by atoms with van der Waals surface area (Å²) in [7, 11) is 0. The summed E-state index contributed by atoms with van der Waals surface area (Å²) in [5, 5.41) is 14.8. The van der Waals surface area contributed by atoms with Gasteiger partial charge in [-0.05, 0) is 49.3 Å². The molecule has 6 heteroatoms. The van der Waals surface area contributed by atoms with Crippen molar-refractivity contribution in [1.29, 1.82) is 0 Å². The molecule has 0 bridgehead atoms. The number of hydrogen-bond donors (Lipinski definition) is 2. The first kappa shape index (κ1) is 15.4. The van der Waals surface area contributed by atoms with Crippen molar-refractivity contribution >= 4 is 22.9 Å². The summed E-state index contributed by atoms with van der Waals surface area (Å²) in [4.78, 5) is 18.2. The highest BCUT2D eigenvalue weighted by Crippen LogP contribution is 2.39. The normalized spacial score (nSPS) is 21.4. The molecule has 3 heterocycles. The van der Waals surface area contributed by atoms with Crippen molar-refractivity contribution < 1.29 is 9.90 Å². The number of rotatable bonds is 4. The van der Waals surface area contributed by atoms with E-state index in [-0.39, 0.29) is 18.1 Å². The Morgan fingerprint density at radius 3 is 2.92 bits per heavy atom. The fourth-order valence-corrected chi connectivity index (χ4v) is 4.14. The summed E-state index contributed by atoms with van der Waals surface area (Å²) < 4.78 is 1.87. The number of carbonyl (C=O) groups excluding carboxylic acids is 1. The quantitative estimate of drug-likeness (QED) is 0.767. The van der Waals surface area contributed by atoms with Crippen LogP contribution < -0.4 is 5.32 Å². The fourth-order valence-electron chi connectivity index (χ4n) is 3.27. The van der Waals surface area contributed by atoms with Gasteiger partial charge in [-0.1, -0.05) is 6.07 Å². The number of aromatic nitrogens is 2. The van der Waals surface area contributed by atoms with Gasteiger partial charge in [-0.2, -0.15) is 0 Å². The highest BCUT2D eigenvalue weighted by atomic mass is 32.1. The standard InChI is InChI=1S/C18H19N3O2S/c1-11-9-21-10-12(4-5-16(21)19-11)18(23)20-17(13-7-14(22)8-13)15-3-2-6-24-15/h2-6,9-10,13-14,17,22H,7-8H2,1H3,(H,20,23). The van der Waals surface area contributed by atoms with E-state index < -0.39 is 0 Å². The molecule has 5 nitrogen and oxygen atoms in total. The SMILES string of the molecule is Cc1cn2cc(C(=O)NC(c3cccs3)C3CC(O)C3)ccc2n1. The number of amides is 1. The molecule has 0 aliphatic heterocycles. The molecule has 0 aromatic carbocycles. The van der Waals surface area contributed by atoms with Gasteiger partial charge in [0.1, 0.15) is 5.65 Å². The predicted octanol–water partition coefficient (Wildman–Crippen LogP) is 2.95. The van der Waals surface area contributed by atoms with Crippen molar-refractivity contribution in [3.8, 4) is 0 Å². The lowest BCUT2D eigenvalue weighted by molar-refractivity contribution is 0.0241. The smallest absolute Gasteiger partial charge is 0.253 e. The van der Waals surface area contributed by atoms with Gasteiger partial charge in [0.25, 0.3) is 5.91 Å². The predicted molar refractivity (Wildman–Crippen MR) is 93.2 cm³/mol. The monoisotopic (exact) mass is 341 g/mol. The van der Waals surface area contributed by atoms with Gasteiger partial charge in [0, 0.05) is 17.3 Å². The van der Waals surface area contributed by atoms with E-state index in [2.05, 4.69) is 10.3 Å². The van der Waals surface area contributed by atoms with Crippen LogP contribution in [0.25, 0.3) is 5.65 Å². The van der Waals surface area contributed by atoms with Gasteiger partial charge in [0.05, 0.1) is 23.4 Å². The van der Waals surface area contributed by atoms with E-state index in [1.165, 1.54) is 0 Å². The summed E-state index contributed by atoms with van der Waals surface area (Å²) in [6.45, 7) is 1.93. The third-order valence-electron chi connectivity index (χ3n) is 4.59. The van der Waals surface area contributed by atoms with Crippen molar-refractivity contribution in [3.05, 3.63) is 58.2 Å². The Kier molecular flexibility index (Phi) is 3.86. The van der Waals surface area contributed by atoms with Gasteiger partial charge in [-0.25, -0.2) is 4.98 Å². The molecule has 1 aliphatic carbocycles. The Hall–Kier alpha value is -2.18. The zero-order chi connectivity index (χ0) is 16.7. The van der Waals surface area contributed by atoms with Gasteiger partial charge in [0.15, 0.2) is 0 Å². The molecule has 1 saturated carbocycles. The van der Waals surface area contributed by atoms with E-state index in [9.17, 15) is 9.90 Å². The van der Waals surface area contributed by atoms with Crippen LogP contribution in [0.4, 0.5) is 0 Å². The lowest BCUT2D eigenvalue weighted by atomic mass is 9.76. The van der Waals surface area contributed by atoms with Crippen LogP contribution in [0.15, 0.2) is 42.0 Å². The molecule has 0 spiro atoms. The number of aliphatic hydroxyl groups is 1. The van der Waals surface area contributed by atoms with Gasteiger partial charge in [-0.3, -0.25) is 4.79 Å². The van der Waals surface area contributed by atoms with Crippen molar-refractivity contribution in [2.75, 3.05) is 0 Å². The zero-order valence-electron chi connectivity index (χ0n) is 13.3. The number of fused-ring (bicyclic) bond motifs is 1. The molecule has 1 atom stereocenters. The summed E-state index contributed by atoms with van der Waals surface area (Å²) in [6.07, 6.45) is 4.96. The lowest BCUT2D eigenvalue weighted by Crippen LogP contribution is -2.41. The Bertz CT molecular complexity index is 866. The average Bonchev–Trinajstić information content (AvgIpc) is 3.17. The molecular formula is C18H19N3O2S. The molecule has 0 saturated heterocycles. The number of nitrogens with one attached hydrogen (secondary N) is 1. The molecule has 3 aromatic rings. The lowest BCUT2D eigenvalue weighted by Gasteiger charge is -2.37. The van der Waals surface area contributed by atoms with Gasteiger partial charge in [-0.15, -0.1) is 11.3 Å². The molecule has 2 N–H and O–H groups in total. The van der Waals surface area contributed by atoms with Crippen molar-refractivity contribution in [3.63, 3.8) is 0 Å². The van der Waals surface area contributed by atoms with Crippen molar-refractivity contribution in [2.24, 2.45) is 5.92 Å². The zero-order valence-corrected chi connectivity index (χ0v) is 14.2. The van der Waals surface area contributed by atoms with Crippen LogP contribution in [0.2, 0.25) is 0 Å². The number of aliphatic hydroxyl groups excluding tert-OH is 1. The minimum atomic E-state index is -0.236. The summed E-state index contributed by atoms with van der Waals surface area (Å²) in [5.74, 6) is 0.199. The minimum Gasteiger partial charge on any atom is -0.393 e. The first-order valence-corrected chi connectivity index (χ1v) is 8.96. The molecule has 124 valence electrons. The molecule has 24 heavy (non-hydrogen) atoms. The van der Waals surface area contributed by atoms with Crippen molar-refractivity contribution in [2.45, 2.75) is 31.9 Å². The topological polar surface area (TPSA) is 66.6 Å². The Labute approximate surface area is 144 Å². The van der Waals surface area contributed by atoms with E-state index >= 15 is 0 Å². The molecule has 1 unspecified atom stereocenters. The first-order valence-electron chi connectivity index (χ1n) is 8.08. The summed E-state index contributed by atoms with van der Waals surface area (Å²) in [5.41, 5.74) is 2.37. The molecular weight excluding hydrogens is 322 g/mol. The van der Waals surface area contributed by atoms with E-state index in [1.54, 1.807) is 17.4 Å². The fraction of sp³-hybridized carbons (Fsp3) is 0.333. The van der Waals surface area contributed by atoms with Crippen molar-refractivity contribution in [1.82, 2.24) is 14.7 Å². The maximum Gasteiger partial charge on any atom is 0.253 e. The number of carbonyl (C=O) groups is 1. The van der Waals surface area contributed by atoms with E-state index in [0.717, 1.165) is 29.1 Å². The Balaban J connectivity index is 1.57. The second-order valence-corrected chi connectivity index (χ2v) is 7.40. The third kappa shape index (κ3) is 2.83. The molecule has 1 aliphatic rings. The van der Waals surface area contributed by atoms with Crippen LogP contribution in [-0.2, 0) is 0 Å². The van der Waals surface area contributed by atoms with Gasteiger partial charge in [0.2, 0.25) is 0 Å². The second kappa shape index (κ2) is 6.03. The number of imidazole rings is 1. The third-order valence-corrected chi connectivity index (χ3v) is 5.55. The van der Waals surface area contributed by atoms with Gasteiger partial charge < -0.3 is 14.8 Å². The molecule has 4 rings (SSSR count). The van der Waals surface area contributed by atoms with Crippen LogP contribution in [0.3, 0.4) is 0 Å². The van der Waals surface area contributed by atoms with E-state index in [1.807, 2.05) is 47.3 Å². The average molecular weight is 341 g/mol. The number of pyridine rings is 1. The number of thiophene rings is 1. The number of aryl methyl sites for hydroxylation is 1. The Morgan fingerprint density at radius 1 is 1.38 bits per heavy atom.